The molecule has 0 bridgehead atoms. The zero-order chi connectivity index (χ0) is 18.1. The molecular formula is C16H23FN6O3. The number of hydrogen-bond donors (Lipinski definition) is 3. The summed E-state index contributed by atoms with van der Waals surface area (Å²) in [5, 5.41) is 10.3. The van der Waals surface area contributed by atoms with Gasteiger partial charge in [-0.1, -0.05) is 0 Å². The summed E-state index contributed by atoms with van der Waals surface area (Å²) in [5.74, 6) is -0.0308. The first-order valence-corrected chi connectivity index (χ1v) is 8.91. The van der Waals surface area contributed by atoms with Crippen molar-refractivity contribution in [1.29, 1.82) is 0 Å². The molecule has 4 atom stereocenters. The molecule has 26 heavy (non-hydrogen) atoms. The summed E-state index contributed by atoms with van der Waals surface area (Å²) in [6.07, 6.45) is 1.57. The molecule has 0 aromatic carbocycles. The SMILES string of the molecule is Nc1nn2c(c1C(=O)NC1CNCCC1OC1CCOC1)N=CC(F)C2. The third-order valence-electron chi connectivity index (χ3n) is 4.88. The number of carbonyl (C=O) groups excluding carboxylic acids is 1. The number of nitrogen functional groups attached to an aromatic ring is 1. The Bertz CT molecular complexity index is 702. The van der Waals surface area contributed by atoms with Gasteiger partial charge in [-0.05, 0) is 19.4 Å². The van der Waals surface area contributed by atoms with Crippen LogP contribution in [0.1, 0.15) is 23.2 Å². The highest BCUT2D eigenvalue weighted by Crippen LogP contribution is 2.28. The van der Waals surface area contributed by atoms with Gasteiger partial charge in [0, 0.05) is 19.4 Å². The molecule has 1 amide bonds. The Labute approximate surface area is 150 Å². The Balaban J connectivity index is 1.48. The number of nitrogens with zero attached hydrogens (tertiary/aromatic N) is 3. The molecule has 0 spiro atoms. The van der Waals surface area contributed by atoms with E-state index >= 15 is 0 Å². The molecule has 9 nitrogen and oxygen atoms in total. The Hall–Kier alpha value is -2.04. The summed E-state index contributed by atoms with van der Waals surface area (Å²) in [6.45, 7) is 2.74. The molecule has 1 aromatic rings. The predicted molar refractivity (Wildman–Crippen MR) is 92.5 cm³/mol. The summed E-state index contributed by atoms with van der Waals surface area (Å²) in [7, 11) is 0. The molecule has 142 valence electrons. The third-order valence-corrected chi connectivity index (χ3v) is 4.88. The van der Waals surface area contributed by atoms with Crippen LogP contribution in [0.3, 0.4) is 0 Å². The number of ether oxygens (including phenoxy) is 2. The Kier molecular flexibility index (Phi) is 4.88. The Morgan fingerprint density at radius 3 is 3.19 bits per heavy atom. The maximum atomic E-state index is 13.4. The number of anilines is 1. The van der Waals surface area contributed by atoms with Gasteiger partial charge in [0.1, 0.15) is 5.56 Å². The van der Waals surface area contributed by atoms with Gasteiger partial charge in [-0.2, -0.15) is 5.10 Å². The lowest BCUT2D eigenvalue weighted by Crippen LogP contribution is -2.55. The van der Waals surface area contributed by atoms with E-state index in [4.69, 9.17) is 15.2 Å². The molecule has 0 aliphatic carbocycles. The number of carbonyl (C=O) groups is 1. The van der Waals surface area contributed by atoms with Crippen LogP contribution in [0.4, 0.5) is 16.0 Å². The van der Waals surface area contributed by atoms with Crippen molar-refractivity contribution >= 4 is 23.8 Å². The van der Waals surface area contributed by atoms with Crippen molar-refractivity contribution in [2.75, 3.05) is 32.0 Å². The fourth-order valence-electron chi connectivity index (χ4n) is 3.56. The quantitative estimate of drug-likeness (QED) is 0.679. The highest BCUT2D eigenvalue weighted by molar-refractivity contribution is 6.03. The number of piperidine rings is 1. The van der Waals surface area contributed by atoms with Gasteiger partial charge in [0.25, 0.3) is 5.91 Å². The summed E-state index contributed by atoms with van der Waals surface area (Å²) in [5.41, 5.74) is 6.07. The van der Waals surface area contributed by atoms with Gasteiger partial charge >= 0.3 is 0 Å². The summed E-state index contributed by atoms with van der Waals surface area (Å²) < 4.78 is 26.3. The van der Waals surface area contributed by atoms with E-state index < -0.39 is 6.17 Å². The number of aliphatic imine (C=N–C) groups is 1. The van der Waals surface area contributed by atoms with Gasteiger partial charge < -0.3 is 25.8 Å². The molecular weight excluding hydrogens is 343 g/mol. The second-order valence-corrected chi connectivity index (χ2v) is 6.79. The number of nitrogens with two attached hydrogens (primary N) is 1. The largest absolute Gasteiger partial charge is 0.381 e. The summed E-state index contributed by atoms with van der Waals surface area (Å²) >= 11 is 0. The lowest BCUT2D eigenvalue weighted by atomic mass is 10.0. The number of nitrogens with one attached hydrogen (secondary N) is 2. The average molecular weight is 366 g/mol. The first kappa shape index (κ1) is 17.4. The van der Waals surface area contributed by atoms with Gasteiger partial charge in [-0.25, -0.2) is 14.1 Å². The van der Waals surface area contributed by atoms with Crippen LogP contribution in [-0.4, -0.2) is 72.6 Å². The van der Waals surface area contributed by atoms with Crippen LogP contribution in [0, 0.1) is 0 Å². The van der Waals surface area contributed by atoms with E-state index in [2.05, 4.69) is 20.7 Å². The fraction of sp³-hybridized carbons (Fsp3) is 0.688. The number of amides is 1. The molecule has 3 aliphatic rings. The minimum Gasteiger partial charge on any atom is -0.381 e. The number of halogens is 1. The first-order valence-electron chi connectivity index (χ1n) is 8.91. The third kappa shape index (κ3) is 3.44. The molecule has 3 aliphatic heterocycles. The second-order valence-electron chi connectivity index (χ2n) is 6.79. The van der Waals surface area contributed by atoms with Crippen LogP contribution in [-0.2, 0) is 16.0 Å². The van der Waals surface area contributed by atoms with Crippen LogP contribution >= 0.6 is 0 Å². The van der Waals surface area contributed by atoms with Gasteiger partial charge in [-0.3, -0.25) is 4.79 Å². The van der Waals surface area contributed by atoms with Crippen molar-refractivity contribution in [2.45, 2.75) is 43.8 Å². The normalized spacial score (nSPS) is 31.0. The molecule has 4 rings (SSSR count). The van der Waals surface area contributed by atoms with Crippen LogP contribution < -0.4 is 16.4 Å². The van der Waals surface area contributed by atoms with E-state index in [1.165, 1.54) is 10.9 Å². The molecule has 2 fully saturated rings. The van der Waals surface area contributed by atoms with E-state index in [-0.39, 0.29) is 42.1 Å². The highest BCUT2D eigenvalue weighted by atomic mass is 19.1. The number of fused-ring (bicyclic) bond motifs is 1. The maximum absolute atomic E-state index is 13.4. The van der Waals surface area contributed by atoms with Crippen LogP contribution in [0.5, 0.6) is 0 Å². The van der Waals surface area contributed by atoms with Crippen molar-refractivity contribution in [3.05, 3.63) is 5.56 Å². The zero-order valence-electron chi connectivity index (χ0n) is 14.4. The highest BCUT2D eigenvalue weighted by Gasteiger charge is 2.33. The van der Waals surface area contributed by atoms with Crippen molar-refractivity contribution in [1.82, 2.24) is 20.4 Å². The smallest absolute Gasteiger partial charge is 0.259 e. The average Bonchev–Trinajstić information content (AvgIpc) is 3.23. The van der Waals surface area contributed by atoms with E-state index in [1.807, 2.05) is 0 Å². The lowest BCUT2D eigenvalue weighted by Gasteiger charge is -2.34. The molecule has 10 heteroatoms. The van der Waals surface area contributed by atoms with Gasteiger partial charge in [-0.15, -0.1) is 0 Å². The Morgan fingerprint density at radius 1 is 1.50 bits per heavy atom. The van der Waals surface area contributed by atoms with Gasteiger partial charge in [0.05, 0.1) is 31.4 Å². The topological polar surface area (TPSA) is 116 Å². The molecule has 2 saturated heterocycles. The van der Waals surface area contributed by atoms with E-state index in [0.29, 0.717) is 25.6 Å². The lowest BCUT2D eigenvalue weighted by molar-refractivity contribution is -0.0430. The van der Waals surface area contributed by atoms with Crippen LogP contribution in [0.15, 0.2) is 4.99 Å². The summed E-state index contributed by atoms with van der Waals surface area (Å²) in [4.78, 5) is 16.8. The molecule has 1 aromatic heterocycles. The van der Waals surface area contributed by atoms with E-state index in [9.17, 15) is 9.18 Å². The molecule has 4 unspecified atom stereocenters. The molecule has 4 N–H and O–H groups in total. The van der Waals surface area contributed by atoms with Crippen molar-refractivity contribution < 1.29 is 18.7 Å². The van der Waals surface area contributed by atoms with Crippen molar-refractivity contribution in [2.24, 2.45) is 4.99 Å². The minimum atomic E-state index is -1.23. The van der Waals surface area contributed by atoms with Gasteiger partial charge in [0.2, 0.25) is 0 Å². The number of aromatic nitrogens is 2. The van der Waals surface area contributed by atoms with Crippen molar-refractivity contribution in [3.8, 4) is 0 Å². The maximum Gasteiger partial charge on any atom is 0.259 e. The molecule has 4 heterocycles. The first-order chi connectivity index (χ1) is 12.6. The summed E-state index contributed by atoms with van der Waals surface area (Å²) in [6, 6.07) is -0.201. The fourth-order valence-corrected chi connectivity index (χ4v) is 3.56. The predicted octanol–water partition coefficient (Wildman–Crippen LogP) is -0.215. The van der Waals surface area contributed by atoms with E-state index in [1.54, 1.807) is 0 Å². The number of rotatable bonds is 4. The van der Waals surface area contributed by atoms with Crippen molar-refractivity contribution in [3.63, 3.8) is 0 Å². The zero-order valence-corrected chi connectivity index (χ0v) is 14.4. The standard InChI is InChI=1S/C16H23FN6O3/c17-9-5-20-15-13(14(18)22-23(15)7-9)16(24)21-11-6-19-3-1-12(11)26-10-2-4-25-8-10/h5,9-12,19H,1-4,6-8H2,(H2,18,22)(H,21,24). The number of hydrogen-bond acceptors (Lipinski definition) is 7. The second kappa shape index (κ2) is 7.29. The Morgan fingerprint density at radius 2 is 2.38 bits per heavy atom. The van der Waals surface area contributed by atoms with Gasteiger partial charge in [0.15, 0.2) is 17.8 Å². The molecule has 0 saturated carbocycles. The minimum absolute atomic E-state index is 0.00864. The van der Waals surface area contributed by atoms with Crippen LogP contribution in [0.25, 0.3) is 0 Å². The van der Waals surface area contributed by atoms with E-state index in [0.717, 1.165) is 19.4 Å². The number of alkyl halides is 1. The molecule has 0 radical (unpaired) electrons. The monoisotopic (exact) mass is 366 g/mol. The van der Waals surface area contributed by atoms with Crippen LogP contribution in [0.2, 0.25) is 0 Å².